The monoisotopic (exact) mass is 468 g/mol. The lowest BCUT2D eigenvalue weighted by Crippen LogP contribution is -2.40. The first-order chi connectivity index (χ1) is 15.6. The number of carbonyl (C=O) groups excluding carboxylic acids is 2. The molecule has 4 rings (SSSR count). The fourth-order valence-electron chi connectivity index (χ4n) is 4.85. The molecule has 2 saturated heterocycles. The van der Waals surface area contributed by atoms with Gasteiger partial charge in [-0.3, -0.25) is 14.5 Å². The molecule has 33 heavy (non-hydrogen) atoms. The second-order valence-corrected chi connectivity index (χ2v) is 11.4. The van der Waals surface area contributed by atoms with E-state index in [0.29, 0.717) is 13.0 Å². The smallest absolute Gasteiger partial charge is 0.228 e. The lowest BCUT2D eigenvalue weighted by molar-refractivity contribution is -0.136. The average Bonchev–Trinajstić information content (AvgIpc) is 3.27. The number of benzene rings is 1. The predicted octanol–water partition coefficient (Wildman–Crippen LogP) is 4.00. The van der Waals surface area contributed by atoms with E-state index in [9.17, 15) is 9.59 Å². The molecule has 1 aromatic heterocycles. The van der Waals surface area contributed by atoms with Crippen molar-refractivity contribution in [3.05, 3.63) is 51.5 Å². The normalized spacial score (nSPS) is 22.6. The van der Waals surface area contributed by atoms with E-state index in [1.165, 1.54) is 10.6 Å². The molecular weight excluding hydrogens is 432 g/mol. The van der Waals surface area contributed by atoms with Crippen LogP contribution in [0.5, 0.6) is 0 Å². The summed E-state index contributed by atoms with van der Waals surface area (Å²) in [5.74, 6) is -0.151. The zero-order valence-electron chi connectivity index (χ0n) is 20.5. The van der Waals surface area contributed by atoms with E-state index in [4.69, 9.17) is 4.98 Å². The first-order valence-electron chi connectivity index (χ1n) is 11.9. The van der Waals surface area contributed by atoms with Crippen LogP contribution in [0.3, 0.4) is 0 Å². The summed E-state index contributed by atoms with van der Waals surface area (Å²) in [6.07, 6.45) is 1.23. The number of aryl methyl sites for hydroxylation is 1. The lowest BCUT2D eigenvalue weighted by Gasteiger charge is -2.29. The molecule has 2 aliphatic rings. The van der Waals surface area contributed by atoms with E-state index in [1.807, 2.05) is 11.9 Å². The summed E-state index contributed by atoms with van der Waals surface area (Å²) in [5.41, 5.74) is 3.41. The fraction of sp³-hybridized carbons (Fsp3) is 0.577. The Bertz CT molecular complexity index is 994. The molecule has 0 radical (unpaired) electrons. The SMILES string of the molecule is Cc1ccc(C2C(C(=O)N3CCCN(Cc4csc(C(C)(C)C)n4)CC3)CC(=O)N2C)cc1. The topological polar surface area (TPSA) is 56.8 Å². The Balaban J connectivity index is 1.42. The van der Waals surface area contributed by atoms with E-state index in [0.717, 1.165) is 43.9 Å². The Kier molecular flexibility index (Phi) is 6.91. The summed E-state index contributed by atoms with van der Waals surface area (Å²) in [5, 5.41) is 3.34. The Labute approximate surface area is 201 Å². The average molecular weight is 469 g/mol. The van der Waals surface area contributed by atoms with E-state index in [2.05, 4.69) is 62.2 Å². The van der Waals surface area contributed by atoms with Crippen molar-refractivity contribution in [2.75, 3.05) is 33.2 Å². The zero-order chi connectivity index (χ0) is 23.8. The van der Waals surface area contributed by atoms with Gasteiger partial charge in [-0.1, -0.05) is 50.6 Å². The third-order valence-electron chi connectivity index (χ3n) is 6.80. The lowest BCUT2D eigenvalue weighted by atomic mass is 9.92. The summed E-state index contributed by atoms with van der Waals surface area (Å²) in [7, 11) is 1.82. The highest BCUT2D eigenvalue weighted by atomic mass is 32.1. The van der Waals surface area contributed by atoms with Crippen LogP contribution >= 0.6 is 11.3 Å². The highest BCUT2D eigenvalue weighted by molar-refractivity contribution is 7.09. The summed E-state index contributed by atoms with van der Waals surface area (Å²) in [6, 6.07) is 8.04. The number of thiazole rings is 1. The van der Waals surface area contributed by atoms with Crippen LogP contribution in [0.25, 0.3) is 0 Å². The Morgan fingerprint density at radius 1 is 1.12 bits per heavy atom. The zero-order valence-corrected chi connectivity index (χ0v) is 21.3. The minimum absolute atomic E-state index is 0.0496. The number of amides is 2. The van der Waals surface area contributed by atoms with Crippen LogP contribution in [0, 0.1) is 12.8 Å². The van der Waals surface area contributed by atoms with Gasteiger partial charge in [0.2, 0.25) is 11.8 Å². The first-order valence-corrected chi connectivity index (χ1v) is 12.8. The van der Waals surface area contributed by atoms with Gasteiger partial charge in [0, 0.05) is 57.0 Å². The third kappa shape index (κ3) is 5.30. The van der Waals surface area contributed by atoms with Crippen molar-refractivity contribution < 1.29 is 9.59 Å². The first kappa shape index (κ1) is 23.9. The molecule has 3 heterocycles. The van der Waals surface area contributed by atoms with Crippen LogP contribution in [0.1, 0.15) is 61.5 Å². The van der Waals surface area contributed by atoms with Gasteiger partial charge < -0.3 is 9.80 Å². The number of nitrogens with zero attached hydrogens (tertiary/aromatic N) is 4. The highest BCUT2D eigenvalue weighted by Gasteiger charge is 2.44. The molecule has 2 fully saturated rings. The van der Waals surface area contributed by atoms with Gasteiger partial charge in [-0.2, -0.15) is 0 Å². The van der Waals surface area contributed by atoms with Crippen LogP contribution in [0.2, 0.25) is 0 Å². The van der Waals surface area contributed by atoms with Gasteiger partial charge in [-0.15, -0.1) is 11.3 Å². The van der Waals surface area contributed by atoms with Crippen LogP contribution in [0.15, 0.2) is 29.6 Å². The number of hydrogen-bond acceptors (Lipinski definition) is 5. The highest BCUT2D eigenvalue weighted by Crippen LogP contribution is 2.38. The van der Waals surface area contributed by atoms with Gasteiger partial charge in [-0.05, 0) is 18.9 Å². The van der Waals surface area contributed by atoms with Crippen LogP contribution in [-0.2, 0) is 21.5 Å². The second kappa shape index (κ2) is 9.55. The van der Waals surface area contributed by atoms with Gasteiger partial charge in [0.05, 0.1) is 22.7 Å². The molecule has 0 aliphatic carbocycles. The second-order valence-electron chi connectivity index (χ2n) is 10.5. The molecule has 7 heteroatoms. The summed E-state index contributed by atoms with van der Waals surface area (Å²) in [4.78, 5) is 37.1. The molecule has 178 valence electrons. The van der Waals surface area contributed by atoms with Gasteiger partial charge in [0.25, 0.3) is 0 Å². The van der Waals surface area contributed by atoms with Gasteiger partial charge in [-0.25, -0.2) is 4.98 Å². The molecule has 0 saturated carbocycles. The number of hydrogen-bond donors (Lipinski definition) is 0. The molecule has 2 aromatic rings. The Morgan fingerprint density at radius 3 is 2.52 bits per heavy atom. The maximum Gasteiger partial charge on any atom is 0.228 e. The summed E-state index contributed by atoms with van der Waals surface area (Å²) < 4.78 is 0. The van der Waals surface area contributed by atoms with Gasteiger partial charge >= 0.3 is 0 Å². The van der Waals surface area contributed by atoms with Crippen molar-refractivity contribution in [2.24, 2.45) is 5.92 Å². The Hall–Kier alpha value is -2.25. The number of likely N-dealkylation sites (tertiary alicyclic amines) is 1. The van der Waals surface area contributed by atoms with E-state index in [-0.39, 0.29) is 29.2 Å². The number of aromatic nitrogens is 1. The van der Waals surface area contributed by atoms with Crippen molar-refractivity contribution in [3.8, 4) is 0 Å². The molecule has 2 unspecified atom stereocenters. The fourth-order valence-corrected chi connectivity index (χ4v) is 5.75. The molecule has 0 bridgehead atoms. The summed E-state index contributed by atoms with van der Waals surface area (Å²) >= 11 is 1.73. The van der Waals surface area contributed by atoms with Crippen molar-refractivity contribution >= 4 is 23.2 Å². The quantitative estimate of drug-likeness (QED) is 0.681. The van der Waals surface area contributed by atoms with Crippen molar-refractivity contribution in [3.63, 3.8) is 0 Å². The molecule has 2 atom stereocenters. The van der Waals surface area contributed by atoms with Crippen molar-refractivity contribution in [1.29, 1.82) is 0 Å². The predicted molar refractivity (Wildman–Crippen MR) is 132 cm³/mol. The third-order valence-corrected chi connectivity index (χ3v) is 8.12. The Morgan fingerprint density at radius 2 is 1.85 bits per heavy atom. The number of rotatable bonds is 4. The van der Waals surface area contributed by atoms with E-state index >= 15 is 0 Å². The largest absolute Gasteiger partial charge is 0.341 e. The van der Waals surface area contributed by atoms with Gasteiger partial charge in [0.15, 0.2) is 0 Å². The number of carbonyl (C=O) groups is 2. The van der Waals surface area contributed by atoms with Crippen LogP contribution in [0.4, 0.5) is 0 Å². The summed E-state index contributed by atoms with van der Waals surface area (Å²) in [6.45, 7) is 12.7. The van der Waals surface area contributed by atoms with E-state index < -0.39 is 0 Å². The maximum absolute atomic E-state index is 13.6. The molecule has 0 spiro atoms. The maximum atomic E-state index is 13.6. The van der Waals surface area contributed by atoms with Crippen LogP contribution in [-0.4, -0.2) is 64.7 Å². The molecule has 1 aromatic carbocycles. The minimum Gasteiger partial charge on any atom is -0.341 e. The molecule has 2 aliphatic heterocycles. The minimum atomic E-state index is -0.315. The van der Waals surface area contributed by atoms with Gasteiger partial charge in [0.1, 0.15) is 0 Å². The van der Waals surface area contributed by atoms with Crippen molar-refractivity contribution in [2.45, 2.75) is 58.5 Å². The molecule has 0 N–H and O–H groups in total. The molecular formula is C26H36N4O2S. The van der Waals surface area contributed by atoms with E-state index in [1.54, 1.807) is 16.2 Å². The standard InChI is InChI=1S/C26H36N4O2S/c1-18-7-9-19(10-8-18)23-21(15-22(31)28(23)5)24(32)30-12-6-11-29(13-14-30)16-20-17-33-25(27-20)26(2,3)4/h7-10,17,21,23H,6,11-16H2,1-5H3. The van der Waals surface area contributed by atoms with Crippen LogP contribution < -0.4 is 0 Å². The molecule has 2 amide bonds. The van der Waals surface area contributed by atoms with Crippen molar-refractivity contribution in [1.82, 2.24) is 19.7 Å². The molecule has 6 nitrogen and oxygen atoms in total.